The predicted octanol–water partition coefficient (Wildman–Crippen LogP) is 1.91. The van der Waals surface area contributed by atoms with Crippen molar-refractivity contribution in [1.29, 1.82) is 0 Å². The lowest BCUT2D eigenvalue weighted by atomic mass is 10.1. The van der Waals surface area contributed by atoms with Gasteiger partial charge in [0.25, 0.3) is 17.5 Å². The van der Waals surface area contributed by atoms with E-state index in [1.807, 2.05) is 10.9 Å². The molecule has 3 aromatic rings. The zero-order valence-corrected chi connectivity index (χ0v) is 22.0. The Morgan fingerprint density at radius 1 is 0.738 bits per heavy atom. The van der Waals surface area contributed by atoms with Crippen LogP contribution in [-0.4, -0.2) is 66.2 Å². The number of carboxylic acid groups (broad SMARTS) is 1. The summed E-state index contributed by atoms with van der Waals surface area (Å²) < 4.78 is 20.3. The number of amides is 2. The van der Waals surface area contributed by atoms with Crippen LogP contribution in [0.2, 0.25) is 0 Å². The second kappa shape index (κ2) is 13.9. The van der Waals surface area contributed by atoms with E-state index in [9.17, 15) is 39.2 Å². The number of methoxy groups -OCH3 is 2. The molecule has 0 aliphatic rings. The van der Waals surface area contributed by atoms with Gasteiger partial charge in [-0.05, 0) is 48.5 Å². The van der Waals surface area contributed by atoms with E-state index in [0.717, 1.165) is 24.3 Å². The average molecular weight is 581 g/mol. The Bertz CT molecular complexity index is 1510. The fraction of sp³-hybridized carbons (Fsp3) is 0.148. The number of nitro groups is 1. The third kappa shape index (κ3) is 7.78. The number of carbonyl (C=O) groups is 5. The highest BCUT2D eigenvalue weighted by Crippen LogP contribution is 2.19. The summed E-state index contributed by atoms with van der Waals surface area (Å²) in [7, 11) is 2.68. The molecule has 0 radical (unpaired) electrons. The topological polar surface area (TPSA) is 210 Å². The van der Waals surface area contributed by atoms with E-state index < -0.39 is 46.9 Å². The van der Waals surface area contributed by atoms with Gasteiger partial charge in [0, 0.05) is 17.7 Å². The highest BCUT2D eigenvalue weighted by atomic mass is 16.6. The van der Waals surface area contributed by atoms with Gasteiger partial charge < -0.3 is 24.1 Å². The van der Waals surface area contributed by atoms with Crippen molar-refractivity contribution in [2.45, 2.75) is 12.2 Å². The molecule has 0 bridgehead atoms. The van der Waals surface area contributed by atoms with Gasteiger partial charge in [-0.2, -0.15) is 0 Å². The maximum absolute atomic E-state index is 13.1. The molecule has 0 spiro atoms. The molecule has 218 valence electrons. The largest absolute Gasteiger partial charge is 0.497 e. The standard InChI is InChI=1S/C27H23N3O12/c1-39-19-7-3-5-16(13-19)26(35)41-21(22(25(33)34)42-27(36)17-6-4-8-20(14-17)40-2)24(32)29-28-23(31)15-9-11-18(12-10-15)30(37)38/h3-14,21-22H,1-2H3,(H,28,31)(H,29,32)(H,33,34)/t21-,22-/m0/s1. The van der Waals surface area contributed by atoms with Crippen LogP contribution < -0.4 is 20.3 Å². The summed E-state index contributed by atoms with van der Waals surface area (Å²) in [6.07, 6.45) is -4.69. The van der Waals surface area contributed by atoms with Crippen molar-refractivity contribution in [2.24, 2.45) is 0 Å². The van der Waals surface area contributed by atoms with E-state index in [0.29, 0.717) is 0 Å². The van der Waals surface area contributed by atoms with Crippen molar-refractivity contribution in [1.82, 2.24) is 10.9 Å². The molecule has 0 aliphatic carbocycles. The highest BCUT2D eigenvalue weighted by Gasteiger charge is 2.41. The summed E-state index contributed by atoms with van der Waals surface area (Å²) >= 11 is 0. The second-order valence-electron chi connectivity index (χ2n) is 8.20. The molecule has 0 heterocycles. The van der Waals surface area contributed by atoms with Gasteiger partial charge in [0.1, 0.15) is 11.5 Å². The SMILES string of the molecule is COc1cccc(C(=O)O[C@H](C(=O)O)[C@H](OC(=O)c2cccc(OC)c2)C(=O)NNC(=O)c2ccc([N+](=O)[O-])cc2)c1. The van der Waals surface area contributed by atoms with Crippen LogP contribution in [0.4, 0.5) is 5.69 Å². The Labute approximate surface area is 237 Å². The lowest BCUT2D eigenvalue weighted by Gasteiger charge is -2.23. The fourth-order valence-electron chi connectivity index (χ4n) is 3.36. The number of carbonyl (C=O) groups excluding carboxylic acids is 4. The van der Waals surface area contributed by atoms with Gasteiger partial charge in [0.05, 0.1) is 30.3 Å². The Morgan fingerprint density at radius 2 is 1.24 bits per heavy atom. The first-order valence-electron chi connectivity index (χ1n) is 11.8. The predicted molar refractivity (Wildman–Crippen MR) is 141 cm³/mol. The maximum Gasteiger partial charge on any atom is 0.349 e. The summed E-state index contributed by atoms with van der Waals surface area (Å²) in [5, 5.41) is 20.7. The normalized spacial score (nSPS) is 11.7. The van der Waals surface area contributed by atoms with Crippen molar-refractivity contribution in [3.63, 3.8) is 0 Å². The summed E-state index contributed by atoms with van der Waals surface area (Å²) in [5.41, 5.74) is 3.24. The molecule has 0 saturated heterocycles. The van der Waals surface area contributed by atoms with Gasteiger partial charge in [-0.25, -0.2) is 14.4 Å². The second-order valence-corrected chi connectivity index (χ2v) is 8.20. The number of nitro benzene ring substituents is 1. The molecule has 0 aromatic heterocycles. The molecule has 0 aliphatic heterocycles. The molecule has 0 fully saturated rings. The van der Waals surface area contributed by atoms with Gasteiger partial charge in [0.15, 0.2) is 0 Å². The number of carboxylic acids is 1. The molecular weight excluding hydrogens is 558 g/mol. The van der Waals surface area contributed by atoms with Crippen molar-refractivity contribution >= 4 is 35.4 Å². The molecule has 2 amide bonds. The number of nitrogens with one attached hydrogen (secondary N) is 2. The third-order valence-electron chi connectivity index (χ3n) is 5.50. The number of aliphatic carboxylic acids is 1. The Balaban J connectivity index is 1.86. The van der Waals surface area contributed by atoms with Crippen LogP contribution in [0.5, 0.6) is 11.5 Å². The van der Waals surface area contributed by atoms with E-state index in [1.165, 1.54) is 62.8 Å². The minimum atomic E-state index is -2.38. The van der Waals surface area contributed by atoms with Crippen molar-refractivity contribution in [3.05, 3.63) is 99.6 Å². The van der Waals surface area contributed by atoms with E-state index in [2.05, 4.69) is 0 Å². The highest BCUT2D eigenvalue weighted by molar-refractivity contribution is 5.99. The summed E-state index contributed by atoms with van der Waals surface area (Å²) in [4.78, 5) is 73.5. The van der Waals surface area contributed by atoms with Crippen LogP contribution in [0, 0.1) is 10.1 Å². The smallest absolute Gasteiger partial charge is 0.349 e. The first-order valence-corrected chi connectivity index (χ1v) is 11.8. The number of hydrogen-bond donors (Lipinski definition) is 3. The van der Waals surface area contributed by atoms with Crippen LogP contribution in [0.1, 0.15) is 31.1 Å². The number of rotatable bonds is 11. The third-order valence-corrected chi connectivity index (χ3v) is 5.50. The molecule has 42 heavy (non-hydrogen) atoms. The average Bonchev–Trinajstić information content (AvgIpc) is 3.00. The molecule has 0 unspecified atom stereocenters. The minimum absolute atomic E-state index is 0.106. The van der Waals surface area contributed by atoms with Crippen molar-refractivity contribution in [2.75, 3.05) is 14.2 Å². The number of benzene rings is 3. The van der Waals surface area contributed by atoms with Crippen LogP contribution >= 0.6 is 0 Å². The lowest BCUT2D eigenvalue weighted by Crippen LogP contribution is -2.54. The number of esters is 2. The zero-order valence-electron chi connectivity index (χ0n) is 22.0. The quantitative estimate of drug-likeness (QED) is 0.168. The Kier molecular flexibility index (Phi) is 10.1. The zero-order chi connectivity index (χ0) is 30.8. The van der Waals surface area contributed by atoms with Gasteiger partial charge in [-0.1, -0.05) is 12.1 Å². The van der Waals surface area contributed by atoms with E-state index in [-0.39, 0.29) is 33.9 Å². The van der Waals surface area contributed by atoms with E-state index in [1.54, 1.807) is 0 Å². The minimum Gasteiger partial charge on any atom is -0.497 e. The van der Waals surface area contributed by atoms with Gasteiger partial charge in [0.2, 0.25) is 12.2 Å². The number of non-ortho nitro benzene ring substituents is 1. The van der Waals surface area contributed by atoms with E-state index >= 15 is 0 Å². The summed E-state index contributed by atoms with van der Waals surface area (Å²) in [6, 6.07) is 15.3. The Hall–Kier alpha value is -5.99. The first-order chi connectivity index (χ1) is 20.0. The number of ether oxygens (including phenoxy) is 4. The number of nitrogens with zero attached hydrogens (tertiary/aromatic N) is 1. The van der Waals surface area contributed by atoms with E-state index in [4.69, 9.17) is 18.9 Å². The first kappa shape index (κ1) is 30.6. The molecule has 3 rings (SSSR count). The molecule has 15 nitrogen and oxygen atoms in total. The summed E-state index contributed by atoms with van der Waals surface area (Å²) in [5.74, 6) is -6.05. The van der Waals surface area contributed by atoms with Gasteiger partial charge in [-0.15, -0.1) is 0 Å². The fourth-order valence-corrected chi connectivity index (χ4v) is 3.36. The van der Waals surface area contributed by atoms with Crippen LogP contribution in [0.25, 0.3) is 0 Å². The summed E-state index contributed by atoms with van der Waals surface area (Å²) in [6.45, 7) is 0. The van der Waals surface area contributed by atoms with Gasteiger partial charge in [-0.3, -0.25) is 30.6 Å². The monoisotopic (exact) mass is 581 g/mol. The molecule has 15 heteroatoms. The number of hydrogen-bond acceptors (Lipinski definition) is 11. The molecule has 3 aromatic carbocycles. The van der Waals surface area contributed by atoms with Crippen molar-refractivity contribution < 1.29 is 52.9 Å². The van der Waals surface area contributed by atoms with Crippen LogP contribution in [0.3, 0.4) is 0 Å². The molecule has 0 saturated carbocycles. The number of hydrazine groups is 1. The maximum atomic E-state index is 13.1. The van der Waals surface area contributed by atoms with Crippen molar-refractivity contribution in [3.8, 4) is 11.5 Å². The molecule has 3 N–H and O–H groups in total. The lowest BCUT2D eigenvalue weighted by molar-refractivity contribution is -0.384. The van der Waals surface area contributed by atoms with Crippen LogP contribution in [0.15, 0.2) is 72.8 Å². The Morgan fingerprint density at radius 3 is 1.69 bits per heavy atom. The molecule has 2 atom stereocenters. The molecular formula is C27H23N3O12. The van der Waals surface area contributed by atoms with Crippen LogP contribution in [-0.2, 0) is 19.1 Å². The van der Waals surface area contributed by atoms with Gasteiger partial charge >= 0.3 is 17.9 Å².